The maximum atomic E-state index is 3.38. The first-order chi connectivity index (χ1) is 12.2. The highest BCUT2D eigenvalue weighted by molar-refractivity contribution is 4.88. The van der Waals surface area contributed by atoms with Gasteiger partial charge < -0.3 is 0 Å². The topological polar surface area (TPSA) is 19.7 Å². The molecule has 2 heteroatoms. The van der Waals surface area contributed by atoms with Crippen LogP contribution in [0.25, 0.3) is 0 Å². The number of unbranched alkanes of at least 4 members (excludes halogenated alkanes) is 15. The van der Waals surface area contributed by atoms with Crippen LogP contribution >= 0.6 is 0 Å². The van der Waals surface area contributed by atoms with E-state index in [2.05, 4.69) is 36.5 Å². The van der Waals surface area contributed by atoms with Crippen molar-refractivity contribution in [1.82, 2.24) is 4.98 Å². The molecule has 0 aromatic carbocycles. The van der Waals surface area contributed by atoms with Crippen LogP contribution in [0.2, 0.25) is 0 Å². The maximum Gasteiger partial charge on any atom is 0.251 e. The number of imidazole rings is 1. The van der Waals surface area contributed by atoms with Gasteiger partial charge in [0.1, 0.15) is 11.9 Å². The Hall–Kier alpha value is -0.790. The van der Waals surface area contributed by atoms with Crippen molar-refractivity contribution in [3.05, 3.63) is 17.7 Å². The summed E-state index contributed by atoms with van der Waals surface area (Å²) >= 11 is 0. The minimum Gasteiger partial charge on any atom is -0.245 e. The number of aromatic nitrogens is 2. The largest absolute Gasteiger partial charge is 0.251 e. The van der Waals surface area contributed by atoms with E-state index in [0.717, 1.165) is 0 Å². The van der Waals surface area contributed by atoms with E-state index in [-0.39, 0.29) is 0 Å². The van der Waals surface area contributed by atoms with Gasteiger partial charge in [-0.3, -0.25) is 0 Å². The van der Waals surface area contributed by atoms with Crippen molar-refractivity contribution in [3.8, 4) is 0 Å². The Morgan fingerprint density at radius 3 is 1.40 bits per heavy atom. The first-order valence-corrected chi connectivity index (χ1v) is 11.3. The highest BCUT2D eigenvalue weighted by atomic mass is 15.1. The van der Waals surface area contributed by atoms with Gasteiger partial charge in [0.05, 0.1) is 6.54 Å². The van der Waals surface area contributed by atoms with Gasteiger partial charge in [0.2, 0.25) is 0 Å². The van der Waals surface area contributed by atoms with Crippen molar-refractivity contribution in [2.75, 3.05) is 0 Å². The lowest BCUT2D eigenvalue weighted by molar-refractivity contribution is -0.702. The third kappa shape index (κ3) is 12.2. The zero-order valence-corrected chi connectivity index (χ0v) is 17.5. The van der Waals surface area contributed by atoms with Crippen molar-refractivity contribution in [2.24, 2.45) is 0 Å². The van der Waals surface area contributed by atoms with Crippen LogP contribution in [0.4, 0.5) is 0 Å². The van der Waals surface area contributed by atoms with Gasteiger partial charge in [-0.25, -0.2) is 9.55 Å². The van der Waals surface area contributed by atoms with Crippen LogP contribution in [0, 0.1) is 13.8 Å². The van der Waals surface area contributed by atoms with E-state index in [9.17, 15) is 0 Å². The third-order valence-corrected chi connectivity index (χ3v) is 5.41. The highest BCUT2D eigenvalue weighted by Gasteiger charge is 2.06. The molecule has 0 atom stereocenters. The second-order valence-electron chi connectivity index (χ2n) is 8.02. The maximum absolute atomic E-state index is 3.38. The first kappa shape index (κ1) is 22.3. The van der Waals surface area contributed by atoms with E-state index in [1.165, 1.54) is 121 Å². The predicted molar refractivity (Wildman–Crippen MR) is 110 cm³/mol. The highest BCUT2D eigenvalue weighted by Crippen LogP contribution is 2.13. The fourth-order valence-corrected chi connectivity index (χ4v) is 3.78. The van der Waals surface area contributed by atoms with Gasteiger partial charge in [-0.15, -0.1) is 0 Å². The Morgan fingerprint density at radius 2 is 1.04 bits per heavy atom. The molecule has 1 aromatic heterocycles. The summed E-state index contributed by atoms with van der Waals surface area (Å²) in [4.78, 5) is 3.38. The summed E-state index contributed by atoms with van der Waals surface area (Å²) in [6.07, 6.45) is 25.3. The molecule has 25 heavy (non-hydrogen) atoms. The summed E-state index contributed by atoms with van der Waals surface area (Å²) in [6.45, 7) is 7.77. The lowest BCUT2D eigenvalue weighted by Gasteiger charge is -2.03. The van der Waals surface area contributed by atoms with Crippen LogP contribution in [0.1, 0.15) is 121 Å². The number of aryl methyl sites for hydroxylation is 3. The Balaban J connectivity index is 1.75. The number of H-pyrrole nitrogens is 1. The fraction of sp³-hybridized carbons (Fsp3) is 0.870. The van der Waals surface area contributed by atoms with E-state index in [1.54, 1.807) is 0 Å². The van der Waals surface area contributed by atoms with Crippen LogP contribution < -0.4 is 4.57 Å². The van der Waals surface area contributed by atoms with Crippen LogP contribution in [0.5, 0.6) is 0 Å². The van der Waals surface area contributed by atoms with Gasteiger partial charge in [0.25, 0.3) is 5.82 Å². The minimum absolute atomic E-state index is 1.18. The quantitative estimate of drug-likeness (QED) is 0.227. The molecule has 0 unspecified atom stereocenters. The molecule has 0 aliphatic carbocycles. The summed E-state index contributed by atoms with van der Waals surface area (Å²) in [5, 5.41) is 0. The average Bonchev–Trinajstić information content (AvgIpc) is 2.92. The summed E-state index contributed by atoms with van der Waals surface area (Å²) in [5.41, 5.74) is 1.27. The summed E-state index contributed by atoms with van der Waals surface area (Å²) in [6, 6.07) is 0. The van der Waals surface area contributed by atoms with E-state index in [1.807, 2.05) is 0 Å². The second-order valence-corrected chi connectivity index (χ2v) is 8.02. The van der Waals surface area contributed by atoms with Gasteiger partial charge in [0, 0.05) is 13.8 Å². The zero-order chi connectivity index (χ0) is 18.2. The van der Waals surface area contributed by atoms with Crippen LogP contribution in [0.15, 0.2) is 6.20 Å². The number of hydrogen-bond donors (Lipinski definition) is 1. The van der Waals surface area contributed by atoms with Crippen LogP contribution in [0.3, 0.4) is 0 Å². The molecule has 0 bridgehead atoms. The molecule has 2 nitrogen and oxygen atoms in total. The van der Waals surface area contributed by atoms with Gasteiger partial charge in [-0.05, 0) is 12.8 Å². The average molecular weight is 350 g/mol. The summed E-state index contributed by atoms with van der Waals surface area (Å²) < 4.78 is 2.36. The standard InChI is InChI=1S/C23H44N2/c1-4-5-6-7-8-9-10-11-12-13-14-15-16-17-18-19-20-25-21-22(2)24-23(25)3/h21H,4-20H2,1-3H3/p+1. The second kappa shape index (κ2) is 15.5. The number of nitrogens with zero attached hydrogens (tertiary/aromatic N) is 1. The van der Waals surface area contributed by atoms with E-state index >= 15 is 0 Å². The molecule has 0 spiro atoms. The zero-order valence-electron chi connectivity index (χ0n) is 17.5. The molecule has 0 saturated heterocycles. The normalized spacial score (nSPS) is 11.3. The third-order valence-electron chi connectivity index (χ3n) is 5.41. The molecule has 1 rings (SSSR count). The SMILES string of the molecule is CCCCCCCCCCCCCCCCCC[n+]1cc(C)[nH]c1C. The predicted octanol–water partition coefficient (Wildman–Crippen LogP) is 7.18. The Labute approximate surface area is 157 Å². The molecular formula is C23H45N2+. The van der Waals surface area contributed by atoms with Crippen LogP contribution in [-0.4, -0.2) is 4.98 Å². The molecule has 0 aliphatic rings. The molecule has 146 valence electrons. The first-order valence-electron chi connectivity index (χ1n) is 11.3. The van der Waals surface area contributed by atoms with Gasteiger partial charge in [-0.1, -0.05) is 96.8 Å². The lowest BCUT2D eigenvalue weighted by atomic mass is 10.0. The van der Waals surface area contributed by atoms with Crippen molar-refractivity contribution in [1.29, 1.82) is 0 Å². The molecular weight excluding hydrogens is 304 g/mol. The lowest BCUT2D eigenvalue weighted by Crippen LogP contribution is -2.34. The Bertz CT molecular complexity index is 408. The summed E-state index contributed by atoms with van der Waals surface area (Å²) in [5.74, 6) is 1.29. The molecule has 1 N–H and O–H groups in total. The molecule has 0 fully saturated rings. The van der Waals surface area contributed by atoms with Gasteiger partial charge >= 0.3 is 0 Å². The number of rotatable bonds is 17. The smallest absolute Gasteiger partial charge is 0.245 e. The van der Waals surface area contributed by atoms with Crippen LogP contribution in [-0.2, 0) is 6.54 Å². The fourth-order valence-electron chi connectivity index (χ4n) is 3.78. The van der Waals surface area contributed by atoms with Gasteiger partial charge in [0.15, 0.2) is 0 Å². The van der Waals surface area contributed by atoms with Gasteiger partial charge in [-0.2, -0.15) is 0 Å². The Kier molecular flexibility index (Phi) is 13.8. The molecule has 1 heterocycles. The molecule has 1 aromatic rings. The molecule has 0 saturated carbocycles. The van der Waals surface area contributed by atoms with Crippen molar-refractivity contribution >= 4 is 0 Å². The number of aromatic amines is 1. The van der Waals surface area contributed by atoms with E-state index in [0.29, 0.717) is 0 Å². The van der Waals surface area contributed by atoms with E-state index in [4.69, 9.17) is 0 Å². The molecule has 0 amide bonds. The molecule has 0 aliphatic heterocycles. The Morgan fingerprint density at radius 1 is 0.640 bits per heavy atom. The van der Waals surface area contributed by atoms with Crippen molar-refractivity contribution in [2.45, 2.75) is 130 Å². The molecule has 0 radical (unpaired) electrons. The van der Waals surface area contributed by atoms with Crippen molar-refractivity contribution in [3.63, 3.8) is 0 Å². The van der Waals surface area contributed by atoms with Crippen molar-refractivity contribution < 1.29 is 4.57 Å². The van der Waals surface area contributed by atoms with E-state index < -0.39 is 0 Å². The monoisotopic (exact) mass is 349 g/mol. The number of hydrogen-bond acceptors (Lipinski definition) is 0. The minimum atomic E-state index is 1.18. The number of nitrogens with one attached hydrogen (secondary N) is 1. The summed E-state index contributed by atoms with van der Waals surface area (Å²) in [7, 11) is 0.